The van der Waals surface area contributed by atoms with Gasteiger partial charge < -0.3 is 19.5 Å². The number of pyridine rings is 1. The Hall–Kier alpha value is -4.59. The van der Waals surface area contributed by atoms with E-state index in [0.717, 1.165) is 22.2 Å². The summed E-state index contributed by atoms with van der Waals surface area (Å²) < 4.78 is 15.8. The third-order valence-electron chi connectivity index (χ3n) is 6.08. The molecule has 36 heavy (non-hydrogen) atoms. The fourth-order valence-electron chi connectivity index (χ4n) is 4.25. The second kappa shape index (κ2) is 9.95. The number of hydrogen-bond acceptors (Lipinski definition) is 6. The molecule has 8 nitrogen and oxygen atoms in total. The summed E-state index contributed by atoms with van der Waals surface area (Å²) in [5.74, 6) is 0.975. The standard InChI is InChI=1S/C28H25N3O5/c1-34-25-11-10-19(15-26(25)35-2)24-16-22(21-8-3-4-9-23(21)30-24)27(32)29-17-18-6-5-7-20(14-18)31-12-13-36-28(31)33/h3-11,14-16H,12-13,17H2,1-2H3,(H,29,32). The first-order chi connectivity index (χ1) is 17.6. The molecule has 1 aromatic heterocycles. The van der Waals surface area contributed by atoms with E-state index in [4.69, 9.17) is 19.2 Å². The molecule has 1 N–H and O–H groups in total. The number of carbonyl (C=O) groups is 2. The lowest BCUT2D eigenvalue weighted by atomic mass is 10.0. The molecule has 0 bridgehead atoms. The number of ether oxygens (including phenoxy) is 3. The number of amides is 2. The Bertz CT molecular complexity index is 1450. The van der Waals surface area contributed by atoms with E-state index >= 15 is 0 Å². The highest BCUT2D eigenvalue weighted by Crippen LogP contribution is 2.33. The molecule has 1 fully saturated rings. The molecule has 8 heteroatoms. The van der Waals surface area contributed by atoms with E-state index in [-0.39, 0.29) is 12.0 Å². The van der Waals surface area contributed by atoms with Crippen molar-refractivity contribution < 1.29 is 23.8 Å². The Morgan fingerprint density at radius 3 is 2.61 bits per heavy atom. The van der Waals surface area contributed by atoms with Crippen LogP contribution in [0.15, 0.2) is 72.8 Å². The molecule has 1 aliphatic heterocycles. The average Bonchev–Trinajstić information content (AvgIpc) is 3.36. The zero-order chi connectivity index (χ0) is 25.1. The van der Waals surface area contributed by atoms with Crippen molar-refractivity contribution in [2.75, 3.05) is 32.3 Å². The van der Waals surface area contributed by atoms with Crippen molar-refractivity contribution in [2.45, 2.75) is 6.54 Å². The van der Waals surface area contributed by atoms with Crippen molar-refractivity contribution in [1.82, 2.24) is 10.3 Å². The SMILES string of the molecule is COc1ccc(-c2cc(C(=O)NCc3cccc(N4CCOC4=O)c3)c3ccccc3n2)cc1OC. The van der Waals surface area contributed by atoms with Crippen molar-refractivity contribution >= 4 is 28.6 Å². The Balaban J connectivity index is 1.43. The molecule has 0 radical (unpaired) electrons. The maximum atomic E-state index is 13.4. The van der Waals surface area contributed by atoms with Gasteiger partial charge in [-0.3, -0.25) is 9.69 Å². The third-order valence-corrected chi connectivity index (χ3v) is 6.08. The van der Waals surface area contributed by atoms with Crippen LogP contribution in [-0.4, -0.2) is 44.4 Å². The van der Waals surface area contributed by atoms with Gasteiger partial charge in [-0.05, 0) is 48.0 Å². The fourth-order valence-corrected chi connectivity index (χ4v) is 4.25. The van der Waals surface area contributed by atoms with Gasteiger partial charge >= 0.3 is 6.09 Å². The molecule has 3 aromatic carbocycles. The molecule has 2 heterocycles. The lowest BCUT2D eigenvalue weighted by Crippen LogP contribution is -2.25. The van der Waals surface area contributed by atoms with Gasteiger partial charge in [0.15, 0.2) is 11.5 Å². The number of benzene rings is 3. The Labute approximate surface area is 208 Å². The van der Waals surface area contributed by atoms with Gasteiger partial charge in [0.05, 0.1) is 37.5 Å². The maximum absolute atomic E-state index is 13.4. The lowest BCUT2D eigenvalue weighted by Gasteiger charge is -2.15. The molecule has 0 spiro atoms. The molecular formula is C28H25N3O5. The summed E-state index contributed by atoms with van der Waals surface area (Å²) in [4.78, 5) is 31.6. The first-order valence-electron chi connectivity index (χ1n) is 11.5. The van der Waals surface area contributed by atoms with E-state index in [2.05, 4.69) is 5.32 Å². The highest BCUT2D eigenvalue weighted by molar-refractivity contribution is 6.07. The van der Waals surface area contributed by atoms with Crippen LogP contribution in [0.25, 0.3) is 22.2 Å². The molecule has 0 atom stereocenters. The molecule has 4 aromatic rings. The Kier molecular flexibility index (Phi) is 6.40. The van der Waals surface area contributed by atoms with Crippen LogP contribution < -0.4 is 19.7 Å². The number of carbonyl (C=O) groups excluding carboxylic acids is 2. The summed E-state index contributed by atoms with van der Waals surface area (Å²) in [6.07, 6.45) is -0.359. The number of rotatable bonds is 7. The zero-order valence-corrected chi connectivity index (χ0v) is 20.0. The van der Waals surface area contributed by atoms with Crippen LogP contribution in [0.4, 0.5) is 10.5 Å². The minimum atomic E-state index is -0.359. The van der Waals surface area contributed by atoms with Crippen LogP contribution in [0, 0.1) is 0 Å². The second-order valence-corrected chi connectivity index (χ2v) is 8.26. The van der Waals surface area contributed by atoms with Crippen molar-refractivity contribution in [3.8, 4) is 22.8 Å². The smallest absolute Gasteiger partial charge is 0.414 e. The van der Waals surface area contributed by atoms with E-state index in [1.807, 2.05) is 66.7 Å². The van der Waals surface area contributed by atoms with Crippen molar-refractivity contribution in [3.05, 3.63) is 83.9 Å². The van der Waals surface area contributed by atoms with E-state index < -0.39 is 0 Å². The predicted molar refractivity (Wildman–Crippen MR) is 137 cm³/mol. The molecule has 1 saturated heterocycles. The van der Waals surface area contributed by atoms with E-state index in [0.29, 0.717) is 48.0 Å². The molecule has 1 aliphatic rings. The highest BCUT2D eigenvalue weighted by Gasteiger charge is 2.23. The van der Waals surface area contributed by atoms with E-state index in [1.54, 1.807) is 25.2 Å². The predicted octanol–water partition coefficient (Wildman–Crippen LogP) is 4.81. The summed E-state index contributed by atoms with van der Waals surface area (Å²) in [6.45, 7) is 1.19. The lowest BCUT2D eigenvalue weighted by molar-refractivity contribution is 0.0952. The molecule has 0 unspecified atom stereocenters. The van der Waals surface area contributed by atoms with Gasteiger partial charge in [0, 0.05) is 23.2 Å². The molecule has 5 rings (SSSR count). The Morgan fingerprint density at radius 1 is 1.00 bits per heavy atom. The normalized spacial score (nSPS) is 12.9. The Morgan fingerprint density at radius 2 is 1.83 bits per heavy atom. The maximum Gasteiger partial charge on any atom is 0.414 e. The fraction of sp³-hybridized carbons (Fsp3) is 0.179. The summed E-state index contributed by atoms with van der Waals surface area (Å²) in [7, 11) is 3.16. The summed E-state index contributed by atoms with van der Waals surface area (Å²) in [5, 5.41) is 3.77. The van der Waals surface area contributed by atoms with Crippen molar-refractivity contribution in [1.29, 1.82) is 0 Å². The zero-order valence-electron chi connectivity index (χ0n) is 20.0. The first-order valence-corrected chi connectivity index (χ1v) is 11.5. The molecule has 182 valence electrons. The van der Waals surface area contributed by atoms with Crippen molar-refractivity contribution in [2.24, 2.45) is 0 Å². The summed E-state index contributed by atoms with van der Waals surface area (Å²) in [5.41, 5.74) is 4.30. The van der Waals surface area contributed by atoms with Crippen LogP contribution in [0.2, 0.25) is 0 Å². The minimum Gasteiger partial charge on any atom is -0.493 e. The van der Waals surface area contributed by atoms with Gasteiger partial charge in [0.25, 0.3) is 5.91 Å². The number of para-hydroxylation sites is 1. The van der Waals surface area contributed by atoms with Crippen molar-refractivity contribution in [3.63, 3.8) is 0 Å². The third kappa shape index (κ3) is 4.53. The quantitative estimate of drug-likeness (QED) is 0.406. The van der Waals surface area contributed by atoms with Crippen LogP contribution in [-0.2, 0) is 11.3 Å². The van der Waals surface area contributed by atoms with Crippen LogP contribution in [0.3, 0.4) is 0 Å². The van der Waals surface area contributed by atoms with Crippen LogP contribution >= 0.6 is 0 Å². The van der Waals surface area contributed by atoms with Crippen LogP contribution in [0.5, 0.6) is 11.5 Å². The minimum absolute atomic E-state index is 0.221. The number of aromatic nitrogens is 1. The first kappa shape index (κ1) is 23.2. The summed E-state index contributed by atoms with van der Waals surface area (Å²) in [6, 6.07) is 22.4. The van der Waals surface area contributed by atoms with Crippen LogP contribution in [0.1, 0.15) is 15.9 Å². The second-order valence-electron chi connectivity index (χ2n) is 8.26. The summed E-state index contributed by atoms with van der Waals surface area (Å²) >= 11 is 0. The number of fused-ring (bicyclic) bond motifs is 1. The number of nitrogens with one attached hydrogen (secondary N) is 1. The number of nitrogens with zero attached hydrogens (tertiary/aromatic N) is 2. The monoisotopic (exact) mass is 483 g/mol. The van der Waals surface area contributed by atoms with Gasteiger partial charge in [-0.15, -0.1) is 0 Å². The average molecular weight is 484 g/mol. The van der Waals surface area contributed by atoms with Gasteiger partial charge in [0.1, 0.15) is 6.61 Å². The van der Waals surface area contributed by atoms with Gasteiger partial charge in [-0.2, -0.15) is 0 Å². The number of hydrogen-bond donors (Lipinski definition) is 1. The topological polar surface area (TPSA) is 90.0 Å². The largest absolute Gasteiger partial charge is 0.493 e. The van der Waals surface area contributed by atoms with Gasteiger partial charge in [-0.1, -0.05) is 30.3 Å². The molecule has 0 saturated carbocycles. The van der Waals surface area contributed by atoms with E-state index in [9.17, 15) is 9.59 Å². The molecule has 0 aliphatic carbocycles. The van der Waals surface area contributed by atoms with Gasteiger partial charge in [-0.25, -0.2) is 9.78 Å². The molecular weight excluding hydrogens is 458 g/mol. The van der Waals surface area contributed by atoms with Gasteiger partial charge in [0.2, 0.25) is 0 Å². The molecule has 2 amide bonds. The number of cyclic esters (lactones) is 1. The number of methoxy groups -OCH3 is 2. The van der Waals surface area contributed by atoms with E-state index in [1.165, 1.54) is 0 Å². The highest BCUT2D eigenvalue weighted by atomic mass is 16.6. The number of anilines is 1.